The fourth-order valence-corrected chi connectivity index (χ4v) is 3.53. The summed E-state index contributed by atoms with van der Waals surface area (Å²) in [6.07, 6.45) is 2.13. The Morgan fingerprint density at radius 3 is 2.43 bits per heavy atom. The predicted molar refractivity (Wildman–Crippen MR) is 79.4 cm³/mol. The monoisotopic (exact) mass is 316 g/mol. The molecule has 1 aliphatic heterocycles. The summed E-state index contributed by atoms with van der Waals surface area (Å²) in [4.78, 5) is 26.0. The molecular weight excluding hydrogens is 292 g/mol. The molecule has 1 saturated heterocycles. The Morgan fingerprint density at radius 1 is 1.29 bits per heavy atom. The third-order valence-corrected chi connectivity index (χ3v) is 6.49. The van der Waals surface area contributed by atoms with E-state index in [1.54, 1.807) is 25.7 Å². The molecule has 1 N–H and O–H groups in total. The van der Waals surface area contributed by atoms with Gasteiger partial charge in [-0.3, -0.25) is 9.59 Å². The highest BCUT2D eigenvalue weighted by Crippen LogP contribution is 2.34. The third kappa shape index (κ3) is 3.75. The summed E-state index contributed by atoms with van der Waals surface area (Å²) >= 11 is 0. The second kappa shape index (κ2) is 5.94. The van der Waals surface area contributed by atoms with Gasteiger partial charge in [-0.05, 0) is 39.5 Å². The molecule has 1 saturated carbocycles. The van der Waals surface area contributed by atoms with Crippen molar-refractivity contribution in [3.63, 3.8) is 0 Å². The molecule has 2 unspecified atom stereocenters. The lowest BCUT2D eigenvalue weighted by molar-refractivity contribution is -0.135. The first-order valence-corrected chi connectivity index (χ1v) is 9.25. The van der Waals surface area contributed by atoms with Crippen molar-refractivity contribution in [2.45, 2.75) is 57.4 Å². The zero-order valence-corrected chi connectivity index (χ0v) is 13.6. The molecule has 2 fully saturated rings. The van der Waals surface area contributed by atoms with Gasteiger partial charge < -0.3 is 10.2 Å². The van der Waals surface area contributed by atoms with Crippen LogP contribution in [-0.4, -0.2) is 54.8 Å². The van der Waals surface area contributed by atoms with Crippen molar-refractivity contribution in [2.75, 3.05) is 12.3 Å². The van der Waals surface area contributed by atoms with Gasteiger partial charge in [-0.1, -0.05) is 0 Å². The fraction of sp³-hybridized carbons (Fsp3) is 0.857. The van der Waals surface area contributed by atoms with Crippen molar-refractivity contribution in [1.82, 2.24) is 10.2 Å². The van der Waals surface area contributed by atoms with Gasteiger partial charge in [0.1, 0.15) is 6.04 Å². The van der Waals surface area contributed by atoms with Crippen LogP contribution in [0.4, 0.5) is 0 Å². The number of carbonyl (C=O) groups is 2. The van der Waals surface area contributed by atoms with E-state index in [1.807, 2.05) is 0 Å². The molecule has 0 aromatic carbocycles. The Balaban J connectivity index is 2.11. The lowest BCUT2D eigenvalue weighted by atomic mass is 10.1. The summed E-state index contributed by atoms with van der Waals surface area (Å²) < 4.78 is 23.9. The number of hydrogen-bond donors (Lipinski definition) is 1. The first-order valence-electron chi connectivity index (χ1n) is 7.54. The number of carbonyl (C=O) groups excluding carboxylic acids is 2. The quantitative estimate of drug-likeness (QED) is 0.792. The Kier molecular flexibility index (Phi) is 4.60. The predicted octanol–water partition coefficient (Wildman–Crippen LogP) is 0.325. The van der Waals surface area contributed by atoms with Crippen LogP contribution in [0.3, 0.4) is 0 Å². The standard InChI is InChI=1S/C14H24N2O4S/c1-9(2)21(19,20)7-6-16-10(3)8-12(17)15-13(14(16)18)11-4-5-11/h9-11,13H,4-8H2,1-3H3,(H,15,17). The average Bonchev–Trinajstić information content (AvgIpc) is 3.18. The molecule has 120 valence electrons. The average molecular weight is 316 g/mol. The lowest BCUT2D eigenvalue weighted by Crippen LogP contribution is -2.49. The molecule has 0 aromatic heterocycles. The van der Waals surface area contributed by atoms with Gasteiger partial charge in [-0.15, -0.1) is 0 Å². The van der Waals surface area contributed by atoms with Crippen molar-refractivity contribution < 1.29 is 18.0 Å². The van der Waals surface area contributed by atoms with Crippen LogP contribution in [0.25, 0.3) is 0 Å². The maximum Gasteiger partial charge on any atom is 0.245 e. The summed E-state index contributed by atoms with van der Waals surface area (Å²) in [6, 6.07) is -0.729. The van der Waals surface area contributed by atoms with Crippen LogP contribution in [0.2, 0.25) is 0 Å². The molecule has 2 amide bonds. The summed E-state index contributed by atoms with van der Waals surface area (Å²) in [6.45, 7) is 5.25. The number of hydrogen-bond acceptors (Lipinski definition) is 4. The van der Waals surface area contributed by atoms with Crippen molar-refractivity contribution >= 4 is 21.7 Å². The van der Waals surface area contributed by atoms with Crippen LogP contribution < -0.4 is 5.32 Å². The highest BCUT2D eigenvalue weighted by Gasteiger charge is 2.42. The van der Waals surface area contributed by atoms with Gasteiger partial charge in [0, 0.05) is 19.0 Å². The molecule has 0 spiro atoms. The Labute approximate surface area is 126 Å². The highest BCUT2D eigenvalue weighted by atomic mass is 32.2. The van der Waals surface area contributed by atoms with Crippen molar-refractivity contribution in [3.8, 4) is 0 Å². The minimum absolute atomic E-state index is 0.0493. The van der Waals surface area contributed by atoms with Crippen molar-refractivity contribution in [2.24, 2.45) is 5.92 Å². The molecule has 2 aliphatic rings. The summed E-state index contributed by atoms with van der Waals surface area (Å²) in [5.41, 5.74) is 0. The second-order valence-corrected chi connectivity index (χ2v) is 9.06. The largest absolute Gasteiger partial charge is 0.344 e. The molecule has 1 aliphatic carbocycles. The summed E-state index contributed by atoms with van der Waals surface area (Å²) in [5, 5.41) is 2.34. The fourth-order valence-electron chi connectivity index (χ4n) is 2.61. The lowest BCUT2D eigenvalue weighted by Gasteiger charge is -2.29. The Bertz CT molecular complexity index is 525. The number of rotatable bonds is 5. The number of sulfone groups is 1. The minimum Gasteiger partial charge on any atom is -0.344 e. The van der Waals surface area contributed by atoms with E-state index < -0.39 is 21.1 Å². The van der Waals surface area contributed by atoms with E-state index >= 15 is 0 Å². The number of nitrogens with zero attached hydrogens (tertiary/aromatic N) is 1. The molecule has 2 atom stereocenters. The van der Waals surface area contributed by atoms with E-state index in [2.05, 4.69) is 5.32 Å². The maximum absolute atomic E-state index is 12.6. The van der Waals surface area contributed by atoms with Crippen LogP contribution in [0.1, 0.15) is 40.0 Å². The molecular formula is C14H24N2O4S. The van der Waals surface area contributed by atoms with Gasteiger partial charge in [-0.2, -0.15) is 0 Å². The molecule has 7 heteroatoms. The highest BCUT2D eigenvalue weighted by molar-refractivity contribution is 7.92. The topological polar surface area (TPSA) is 83.6 Å². The molecule has 21 heavy (non-hydrogen) atoms. The summed E-state index contributed by atoms with van der Waals surface area (Å²) in [7, 11) is -3.19. The molecule has 0 radical (unpaired) electrons. The number of nitrogens with one attached hydrogen (secondary N) is 1. The van der Waals surface area contributed by atoms with E-state index in [0.717, 1.165) is 12.8 Å². The van der Waals surface area contributed by atoms with Crippen LogP contribution >= 0.6 is 0 Å². The molecule has 2 rings (SSSR count). The first kappa shape index (κ1) is 16.3. The van der Waals surface area contributed by atoms with Gasteiger partial charge >= 0.3 is 0 Å². The number of amides is 2. The van der Waals surface area contributed by atoms with E-state index in [-0.39, 0.29) is 42.5 Å². The van der Waals surface area contributed by atoms with Crippen LogP contribution in [0, 0.1) is 5.92 Å². The van der Waals surface area contributed by atoms with Crippen LogP contribution in [0.15, 0.2) is 0 Å². The SMILES string of the molecule is CC1CC(=O)NC(C2CC2)C(=O)N1CCS(=O)(=O)C(C)C. The smallest absolute Gasteiger partial charge is 0.245 e. The van der Waals surface area contributed by atoms with Crippen molar-refractivity contribution in [1.29, 1.82) is 0 Å². The van der Waals surface area contributed by atoms with E-state index in [0.29, 0.717) is 0 Å². The molecule has 6 nitrogen and oxygen atoms in total. The van der Waals surface area contributed by atoms with E-state index in [4.69, 9.17) is 0 Å². The molecule has 0 aromatic rings. The van der Waals surface area contributed by atoms with E-state index in [9.17, 15) is 18.0 Å². The van der Waals surface area contributed by atoms with Crippen LogP contribution in [-0.2, 0) is 19.4 Å². The van der Waals surface area contributed by atoms with Crippen LogP contribution in [0.5, 0.6) is 0 Å². The van der Waals surface area contributed by atoms with Gasteiger partial charge in [0.05, 0.1) is 11.0 Å². The van der Waals surface area contributed by atoms with Gasteiger partial charge in [0.15, 0.2) is 9.84 Å². The van der Waals surface area contributed by atoms with Gasteiger partial charge in [-0.25, -0.2) is 8.42 Å². The van der Waals surface area contributed by atoms with Gasteiger partial charge in [0.2, 0.25) is 11.8 Å². The third-order valence-electron chi connectivity index (χ3n) is 4.31. The molecule has 0 bridgehead atoms. The first-order chi connectivity index (χ1) is 9.72. The summed E-state index contributed by atoms with van der Waals surface area (Å²) in [5.74, 6) is -0.0838. The normalized spacial score (nSPS) is 27.7. The molecule has 1 heterocycles. The Hall–Kier alpha value is -1.11. The van der Waals surface area contributed by atoms with Gasteiger partial charge in [0.25, 0.3) is 0 Å². The zero-order chi connectivity index (χ0) is 15.8. The second-order valence-electron chi connectivity index (χ2n) is 6.38. The van der Waals surface area contributed by atoms with Crippen molar-refractivity contribution in [3.05, 3.63) is 0 Å². The minimum atomic E-state index is -3.19. The van der Waals surface area contributed by atoms with E-state index in [1.165, 1.54) is 0 Å². The maximum atomic E-state index is 12.6. The Morgan fingerprint density at radius 2 is 1.90 bits per heavy atom. The zero-order valence-electron chi connectivity index (χ0n) is 12.8.